The van der Waals surface area contributed by atoms with Gasteiger partial charge >= 0.3 is 0 Å². The smallest absolute Gasteiger partial charge is 0.240 e. The fourth-order valence-corrected chi connectivity index (χ4v) is 3.78. The van der Waals surface area contributed by atoms with Crippen LogP contribution in [-0.4, -0.2) is 13.0 Å². The molecule has 0 heterocycles. The number of primary sulfonamides is 1. The van der Waals surface area contributed by atoms with Crippen LogP contribution in [0.25, 0.3) is 6.08 Å². The zero-order valence-corrected chi connectivity index (χ0v) is 15.8. The van der Waals surface area contributed by atoms with Gasteiger partial charge in [0.05, 0.1) is 21.4 Å². The second-order valence-electron chi connectivity index (χ2n) is 4.56. The van der Waals surface area contributed by atoms with E-state index in [4.69, 9.17) is 39.9 Å². The molecular weight excluding hydrogens is 415 g/mol. The molecule has 10 heteroatoms. The van der Waals surface area contributed by atoms with Gasteiger partial charge in [-0.3, -0.25) is 0 Å². The van der Waals surface area contributed by atoms with E-state index in [1.165, 1.54) is 23.6 Å². The number of halogens is 3. The number of rotatable bonds is 5. The van der Waals surface area contributed by atoms with Crippen molar-refractivity contribution < 1.29 is 13.0 Å². The largest absolute Gasteiger partial charge is 0.588 e. The summed E-state index contributed by atoms with van der Waals surface area (Å²) < 4.78 is 37.8. The number of nitrogens with one attached hydrogen (secondary N) is 1. The van der Waals surface area contributed by atoms with Crippen molar-refractivity contribution in [1.29, 1.82) is 0 Å². The predicted octanol–water partition coefficient (Wildman–Crippen LogP) is 4.04. The first-order chi connectivity index (χ1) is 11.2. The fraction of sp³-hybridized carbons (Fsp3) is 0. The highest BCUT2D eigenvalue weighted by molar-refractivity contribution is 7.95. The minimum atomic E-state index is -4.02. The number of hydrogen-bond acceptors (Lipinski definition) is 4. The number of nitrogens with two attached hydrogens (primary N) is 1. The van der Waals surface area contributed by atoms with Gasteiger partial charge in [0.15, 0.2) is 0 Å². The van der Waals surface area contributed by atoms with Gasteiger partial charge < -0.3 is 4.55 Å². The lowest BCUT2D eigenvalue weighted by atomic mass is 10.2. The van der Waals surface area contributed by atoms with Crippen LogP contribution in [0.5, 0.6) is 0 Å². The maximum Gasteiger partial charge on any atom is 0.240 e. The van der Waals surface area contributed by atoms with E-state index in [0.717, 1.165) is 0 Å². The van der Waals surface area contributed by atoms with Gasteiger partial charge in [-0.05, 0) is 42.0 Å². The van der Waals surface area contributed by atoms with Crippen molar-refractivity contribution in [3.63, 3.8) is 0 Å². The molecule has 24 heavy (non-hydrogen) atoms. The summed E-state index contributed by atoms with van der Waals surface area (Å²) in [5.41, 5.74) is 0.765. The van der Waals surface area contributed by atoms with Crippen molar-refractivity contribution in [2.45, 2.75) is 4.90 Å². The highest BCUT2D eigenvalue weighted by Crippen LogP contribution is 2.26. The molecule has 2 aromatic carbocycles. The molecule has 0 aliphatic rings. The molecule has 0 aromatic heterocycles. The van der Waals surface area contributed by atoms with E-state index in [1.807, 2.05) is 0 Å². The molecule has 0 radical (unpaired) electrons. The van der Waals surface area contributed by atoms with Crippen molar-refractivity contribution >= 4 is 68.0 Å². The van der Waals surface area contributed by atoms with Crippen LogP contribution in [0.1, 0.15) is 5.56 Å². The van der Waals surface area contributed by atoms with Gasteiger partial charge in [-0.25, -0.2) is 18.3 Å². The normalized spacial score (nSPS) is 13.2. The predicted molar refractivity (Wildman–Crippen MR) is 100 cm³/mol. The van der Waals surface area contributed by atoms with E-state index in [0.29, 0.717) is 15.6 Å². The van der Waals surface area contributed by atoms with Gasteiger partial charge in [0.2, 0.25) is 10.0 Å². The zero-order valence-electron chi connectivity index (χ0n) is 11.9. The third-order valence-electron chi connectivity index (χ3n) is 2.79. The van der Waals surface area contributed by atoms with Gasteiger partial charge in [-0.15, -0.1) is 0 Å². The molecule has 0 bridgehead atoms. The monoisotopic (exact) mass is 424 g/mol. The first-order valence-corrected chi connectivity index (χ1v) is 10.2. The van der Waals surface area contributed by atoms with Gasteiger partial charge in [0, 0.05) is 5.02 Å². The lowest BCUT2D eigenvalue weighted by Crippen LogP contribution is -2.17. The Morgan fingerprint density at radius 2 is 1.79 bits per heavy atom. The Labute approximate surface area is 157 Å². The fourth-order valence-electron chi connectivity index (χ4n) is 1.71. The summed E-state index contributed by atoms with van der Waals surface area (Å²) in [6.07, 6.45) is 1.55. The van der Waals surface area contributed by atoms with Crippen molar-refractivity contribution in [3.8, 4) is 0 Å². The van der Waals surface area contributed by atoms with Crippen molar-refractivity contribution in [3.05, 3.63) is 62.4 Å². The molecule has 0 saturated carbocycles. The summed E-state index contributed by atoms with van der Waals surface area (Å²) >= 11 is 15.8. The highest BCUT2D eigenvalue weighted by Gasteiger charge is 2.17. The van der Waals surface area contributed by atoms with E-state index >= 15 is 0 Å². The van der Waals surface area contributed by atoms with Crippen LogP contribution in [0.15, 0.2) is 46.7 Å². The first kappa shape index (κ1) is 19.4. The Bertz CT molecular complexity index is 889. The van der Waals surface area contributed by atoms with Crippen LogP contribution in [0.4, 0.5) is 5.69 Å². The second-order valence-corrected chi connectivity index (χ2v) is 8.41. The summed E-state index contributed by atoms with van der Waals surface area (Å²) in [5, 5.41) is 7.43. The first-order valence-electron chi connectivity index (χ1n) is 6.29. The van der Waals surface area contributed by atoms with Crippen molar-refractivity contribution in [2.75, 3.05) is 4.72 Å². The Hall–Kier alpha value is -0.930. The number of benzene rings is 2. The minimum Gasteiger partial charge on any atom is -0.588 e. The van der Waals surface area contributed by atoms with Crippen LogP contribution in [-0.2, 0) is 21.4 Å². The Morgan fingerprint density at radius 3 is 2.42 bits per heavy atom. The van der Waals surface area contributed by atoms with Crippen LogP contribution in [0.3, 0.4) is 0 Å². The average Bonchev–Trinajstić information content (AvgIpc) is 2.49. The molecule has 0 saturated heterocycles. The molecule has 1 atom stereocenters. The topological polar surface area (TPSA) is 95.2 Å². The molecule has 0 aliphatic carbocycles. The van der Waals surface area contributed by atoms with E-state index in [9.17, 15) is 13.0 Å². The molecule has 0 aliphatic heterocycles. The molecule has 5 nitrogen and oxygen atoms in total. The SMILES string of the molecule is NS(=O)(=O)c1cc(Cl)ccc1N[S+]([O-])/C=C/c1ccc(Cl)c(Cl)c1. The number of sulfonamides is 1. The van der Waals surface area contributed by atoms with Gasteiger partial charge in [-0.2, -0.15) is 0 Å². The van der Waals surface area contributed by atoms with Gasteiger partial charge in [0.1, 0.15) is 16.0 Å². The van der Waals surface area contributed by atoms with E-state index in [2.05, 4.69) is 4.72 Å². The molecule has 2 rings (SSSR count). The molecule has 2 aromatic rings. The molecular formula is C14H11Cl3N2O3S2. The van der Waals surface area contributed by atoms with E-state index < -0.39 is 21.4 Å². The third kappa shape index (κ3) is 5.29. The van der Waals surface area contributed by atoms with Crippen molar-refractivity contribution in [1.82, 2.24) is 0 Å². The van der Waals surface area contributed by atoms with Crippen LogP contribution >= 0.6 is 34.8 Å². The van der Waals surface area contributed by atoms with Gasteiger partial charge in [0.25, 0.3) is 0 Å². The molecule has 0 spiro atoms. The molecule has 0 fully saturated rings. The Kier molecular flexibility index (Phi) is 6.44. The second kappa shape index (κ2) is 7.97. The Balaban J connectivity index is 2.19. The Morgan fingerprint density at radius 1 is 1.08 bits per heavy atom. The van der Waals surface area contributed by atoms with Crippen LogP contribution in [0.2, 0.25) is 15.1 Å². The maximum atomic E-state index is 12.1. The summed E-state index contributed by atoms with van der Waals surface area (Å²) in [7, 11) is -4.02. The summed E-state index contributed by atoms with van der Waals surface area (Å²) in [6, 6.07) is 8.93. The van der Waals surface area contributed by atoms with E-state index in [1.54, 1.807) is 24.3 Å². The third-order valence-corrected chi connectivity index (χ3v) is 5.52. The average molecular weight is 426 g/mol. The van der Waals surface area contributed by atoms with Gasteiger partial charge in [-0.1, -0.05) is 40.9 Å². The summed E-state index contributed by atoms with van der Waals surface area (Å²) in [6.45, 7) is 0. The lowest BCUT2D eigenvalue weighted by Gasteiger charge is -2.11. The van der Waals surface area contributed by atoms with Crippen LogP contribution in [0, 0.1) is 0 Å². The quantitative estimate of drug-likeness (QED) is 0.707. The lowest BCUT2D eigenvalue weighted by molar-refractivity contribution is 0.598. The van der Waals surface area contributed by atoms with Crippen molar-refractivity contribution in [2.24, 2.45) is 5.14 Å². The number of anilines is 1. The standard InChI is InChI=1S/C14H11Cl3N2O3S2/c15-10-2-4-13(14(8-10)24(18,21)22)19-23(20)6-5-9-1-3-11(16)12(17)7-9/h1-8,19H,(H2,18,21,22)/b6-5+. The summed E-state index contributed by atoms with van der Waals surface area (Å²) in [4.78, 5) is -0.244. The maximum absolute atomic E-state index is 12.1. The molecule has 0 amide bonds. The highest BCUT2D eigenvalue weighted by atomic mass is 35.5. The van der Waals surface area contributed by atoms with Crippen LogP contribution < -0.4 is 9.86 Å². The van der Waals surface area contributed by atoms with E-state index in [-0.39, 0.29) is 15.6 Å². The minimum absolute atomic E-state index is 0.0824. The molecule has 1 unspecified atom stereocenters. The summed E-state index contributed by atoms with van der Waals surface area (Å²) in [5.74, 6) is 0. The zero-order chi connectivity index (χ0) is 17.9. The number of hydrogen-bond donors (Lipinski definition) is 2. The molecule has 128 valence electrons. The molecule has 3 N–H and O–H groups in total.